The second-order valence-corrected chi connectivity index (χ2v) is 8.40. The van der Waals surface area contributed by atoms with Gasteiger partial charge in [0.15, 0.2) is 5.16 Å². The number of rotatable bonds is 10. The Kier molecular flexibility index (Phi) is 8.12. The number of methoxy groups -OCH3 is 1. The summed E-state index contributed by atoms with van der Waals surface area (Å²) in [5.74, 6) is 2.08. The van der Waals surface area contributed by atoms with Gasteiger partial charge in [-0.05, 0) is 55.0 Å². The zero-order chi connectivity index (χ0) is 22.2. The number of aryl methyl sites for hydroxylation is 4. The van der Waals surface area contributed by atoms with Crippen molar-refractivity contribution in [3.05, 3.63) is 65.0 Å². The summed E-state index contributed by atoms with van der Waals surface area (Å²) in [7, 11) is 3.63. The monoisotopic (exact) mass is 438 g/mol. The van der Waals surface area contributed by atoms with Gasteiger partial charge in [0, 0.05) is 19.2 Å². The predicted molar refractivity (Wildman–Crippen MR) is 126 cm³/mol. The second-order valence-electron chi connectivity index (χ2n) is 7.46. The molecular weight excluding hydrogens is 408 g/mol. The molecule has 1 aromatic heterocycles. The van der Waals surface area contributed by atoms with Crippen molar-refractivity contribution in [3.63, 3.8) is 0 Å². The van der Waals surface area contributed by atoms with Crippen LogP contribution in [0.25, 0.3) is 0 Å². The first-order chi connectivity index (χ1) is 15.0. The smallest absolute Gasteiger partial charge is 0.234 e. The molecule has 1 amide bonds. The van der Waals surface area contributed by atoms with E-state index in [2.05, 4.69) is 40.6 Å². The average molecular weight is 439 g/mol. The number of thioether (sulfide) groups is 1. The summed E-state index contributed by atoms with van der Waals surface area (Å²) in [5.41, 5.74) is 4.43. The summed E-state index contributed by atoms with van der Waals surface area (Å²) < 4.78 is 7.18. The lowest BCUT2D eigenvalue weighted by molar-refractivity contribution is -0.113. The van der Waals surface area contributed by atoms with Gasteiger partial charge in [-0.15, -0.1) is 10.2 Å². The fraction of sp³-hybridized carbons (Fsp3) is 0.375. The van der Waals surface area contributed by atoms with E-state index in [0.717, 1.165) is 59.2 Å². The molecule has 0 radical (unpaired) electrons. The summed E-state index contributed by atoms with van der Waals surface area (Å²) >= 11 is 1.41. The van der Waals surface area contributed by atoms with Crippen LogP contribution in [0.4, 0.5) is 5.69 Å². The average Bonchev–Trinajstić information content (AvgIpc) is 3.13. The molecule has 0 atom stereocenters. The van der Waals surface area contributed by atoms with E-state index in [1.54, 1.807) is 7.11 Å². The van der Waals surface area contributed by atoms with Crippen LogP contribution in [0.3, 0.4) is 0 Å². The minimum absolute atomic E-state index is 0.0296. The van der Waals surface area contributed by atoms with Crippen molar-refractivity contribution in [2.45, 2.75) is 44.7 Å². The third-order valence-corrected chi connectivity index (χ3v) is 6.31. The molecule has 0 aliphatic rings. The highest BCUT2D eigenvalue weighted by Gasteiger charge is 2.13. The van der Waals surface area contributed by atoms with Crippen molar-refractivity contribution < 1.29 is 9.53 Å². The summed E-state index contributed by atoms with van der Waals surface area (Å²) in [6, 6.07) is 14.2. The summed E-state index contributed by atoms with van der Waals surface area (Å²) in [6.07, 6.45) is 3.67. The van der Waals surface area contributed by atoms with Gasteiger partial charge in [0.05, 0.1) is 12.9 Å². The van der Waals surface area contributed by atoms with Gasteiger partial charge < -0.3 is 14.6 Å². The van der Waals surface area contributed by atoms with Crippen LogP contribution >= 0.6 is 11.8 Å². The van der Waals surface area contributed by atoms with E-state index in [1.807, 2.05) is 42.8 Å². The molecule has 0 aliphatic carbocycles. The lowest BCUT2D eigenvalue weighted by Crippen LogP contribution is -2.16. The summed E-state index contributed by atoms with van der Waals surface area (Å²) in [5, 5.41) is 12.4. The van der Waals surface area contributed by atoms with Gasteiger partial charge >= 0.3 is 0 Å². The number of nitrogens with one attached hydrogen (secondary N) is 1. The first-order valence-corrected chi connectivity index (χ1v) is 11.5. The molecular formula is C24H30N4O2S. The number of amides is 1. The predicted octanol–water partition coefficient (Wildman–Crippen LogP) is 4.60. The van der Waals surface area contributed by atoms with Crippen LogP contribution in [-0.4, -0.2) is 33.5 Å². The van der Waals surface area contributed by atoms with Gasteiger partial charge in [-0.3, -0.25) is 4.79 Å². The van der Waals surface area contributed by atoms with Gasteiger partial charge in [0.1, 0.15) is 11.6 Å². The zero-order valence-corrected chi connectivity index (χ0v) is 19.5. The van der Waals surface area contributed by atoms with Crippen molar-refractivity contribution in [2.24, 2.45) is 7.05 Å². The second kappa shape index (κ2) is 11.0. The van der Waals surface area contributed by atoms with Crippen molar-refractivity contribution in [1.29, 1.82) is 0 Å². The van der Waals surface area contributed by atoms with Gasteiger partial charge in [-0.25, -0.2) is 0 Å². The van der Waals surface area contributed by atoms with E-state index in [0.29, 0.717) is 5.75 Å². The van der Waals surface area contributed by atoms with Crippen LogP contribution in [0.1, 0.15) is 35.9 Å². The Bertz CT molecular complexity index is 1010. The van der Waals surface area contributed by atoms with Gasteiger partial charge in [-0.2, -0.15) is 0 Å². The number of hydrogen-bond donors (Lipinski definition) is 1. The summed E-state index contributed by atoms with van der Waals surface area (Å²) in [6.45, 7) is 4.11. The zero-order valence-electron chi connectivity index (χ0n) is 18.6. The standard InChI is InChI=1S/C24H30N4O2S/c1-5-19-10-6-8-17(2)23(19)25-22(29)16-31-24-27-26-21(28(24)3)11-7-9-18-12-14-20(30-4)15-13-18/h6,8,10,12-15H,5,7,9,11,16H2,1-4H3,(H,25,29). The largest absolute Gasteiger partial charge is 0.497 e. The maximum absolute atomic E-state index is 12.5. The molecule has 0 unspecified atom stereocenters. The molecule has 7 heteroatoms. The number of aromatic nitrogens is 3. The van der Waals surface area contributed by atoms with Crippen LogP contribution in [0, 0.1) is 6.92 Å². The number of carbonyl (C=O) groups excluding carboxylic acids is 1. The van der Waals surface area contributed by atoms with Crippen LogP contribution in [0.5, 0.6) is 5.75 Å². The highest BCUT2D eigenvalue weighted by Crippen LogP contribution is 2.22. The Hall–Kier alpha value is -2.80. The van der Waals surface area contributed by atoms with Crippen molar-refractivity contribution in [2.75, 3.05) is 18.2 Å². The van der Waals surface area contributed by atoms with Gasteiger partial charge in [0.2, 0.25) is 5.91 Å². The maximum atomic E-state index is 12.5. The number of hydrogen-bond acceptors (Lipinski definition) is 5. The topological polar surface area (TPSA) is 69.0 Å². The number of anilines is 1. The molecule has 0 saturated heterocycles. The number of carbonyl (C=O) groups is 1. The molecule has 0 spiro atoms. The van der Waals surface area contributed by atoms with Crippen molar-refractivity contribution >= 4 is 23.4 Å². The third-order valence-electron chi connectivity index (χ3n) is 5.29. The molecule has 164 valence electrons. The van der Waals surface area contributed by atoms with Crippen LogP contribution in [0.15, 0.2) is 47.6 Å². The molecule has 6 nitrogen and oxygen atoms in total. The maximum Gasteiger partial charge on any atom is 0.234 e. The van der Waals surface area contributed by atoms with Gasteiger partial charge in [0.25, 0.3) is 0 Å². The molecule has 2 aromatic carbocycles. The lowest BCUT2D eigenvalue weighted by Gasteiger charge is -2.12. The van der Waals surface area contributed by atoms with E-state index in [1.165, 1.54) is 17.3 Å². The fourth-order valence-electron chi connectivity index (χ4n) is 3.44. The van der Waals surface area contributed by atoms with Crippen LogP contribution < -0.4 is 10.1 Å². The van der Waals surface area contributed by atoms with E-state index in [4.69, 9.17) is 4.74 Å². The molecule has 0 bridgehead atoms. The minimum atomic E-state index is -0.0296. The SMILES string of the molecule is CCc1cccc(C)c1NC(=O)CSc1nnc(CCCc2ccc(OC)cc2)n1C. The molecule has 0 saturated carbocycles. The van der Waals surface area contributed by atoms with Crippen molar-refractivity contribution in [3.8, 4) is 5.75 Å². The van der Waals surface area contributed by atoms with E-state index in [9.17, 15) is 4.79 Å². The number of ether oxygens (including phenoxy) is 1. The number of benzene rings is 2. The Morgan fingerprint density at radius 1 is 1.13 bits per heavy atom. The molecule has 1 heterocycles. The van der Waals surface area contributed by atoms with Gasteiger partial charge in [-0.1, -0.05) is 49.0 Å². The Balaban J connectivity index is 1.50. The molecule has 0 aliphatic heterocycles. The molecule has 3 aromatic rings. The Morgan fingerprint density at radius 3 is 2.61 bits per heavy atom. The minimum Gasteiger partial charge on any atom is -0.497 e. The van der Waals surface area contributed by atoms with Crippen LogP contribution in [0.2, 0.25) is 0 Å². The first kappa shape index (κ1) is 22.9. The van der Waals surface area contributed by atoms with E-state index in [-0.39, 0.29) is 5.91 Å². The molecule has 31 heavy (non-hydrogen) atoms. The highest BCUT2D eigenvalue weighted by atomic mass is 32.2. The van der Waals surface area contributed by atoms with E-state index < -0.39 is 0 Å². The first-order valence-electron chi connectivity index (χ1n) is 10.5. The third kappa shape index (κ3) is 6.10. The Labute approximate surface area is 188 Å². The molecule has 1 N–H and O–H groups in total. The quantitative estimate of drug-likeness (QED) is 0.469. The fourth-order valence-corrected chi connectivity index (χ4v) is 4.17. The lowest BCUT2D eigenvalue weighted by atomic mass is 10.1. The van der Waals surface area contributed by atoms with Crippen LogP contribution in [-0.2, 0) is 31.1 Å². The summed E-state index contributed by atoms with van der Waals surface area (Å²) in [4.78, 5) is 12.5. The number of nitrogens with zero attached hydrogens (tertiary/aromatic N) is 3. The normalized spacial score (nSPS) is 10.8. The van der Waals surface area contributed by atoms with E-state index >= 15 is 0 Å². The number of para-hydroxylation sites is 1. The Morgan fingerprint density at radius 2 is 1.90 bits per heavy atom. The molecule has 3 rings (SSSR count). The molecule has 0 fully saturated rings. The highest BCUT2D eigenvalue weighted by molar-refractivity contribution is 7.99. The van der Waals surface area contributed by atoms with Crippen molar-refractivity contribution in [1.82, 2.24) is 14.8 Å².